The summed E-state index contributed by atoms with van der Waals surface area (Å²) in [6, 6.07) is 58.9. The molecule has 3 nitrogen and oxygen atoms in total. The maximum absolute atomic E-state index is 2.66. The summed E-state index contributed by atoms with van der Waals surface area (Å²) in [5.41, 5.74) is 23.4. The molecule has 0 spiro atoms. The molecule has 2 aliphatic carbocycles. The fourth-order valence-electron chi connectivity index (χ4n) is 11.8. The molecule has 0 bridgehead atoms. The van der Waals surface area contributed by atoms with Crippen molar-refractivity contribution in [3.63, 3.8) is 0 Å². The van der Waals surface area contributed by atoms with Crippen molar-refractivity contribution in [3.05, 3.63) is 180 Å². The molecule has 7 aromatic carbocycles. The second-order valence-electron chi connectivity index (χ2n) is 19.4. The number of benzene rings is 7. The number of para-hydroxylation sites is 2. The zero-order chi connectivity index (χ0) is 42.0. The van der Waals surface area contributed by atoms with Crippen molar-refractivity contribution in [2.24, 2.45) is 0 Å². The van der Waals surface area contributed by atoms with Gasteiger partial charge in [-0.1, -0.05) is 0 Å². The molecule has 4 aliphatic rings. The van der Waals surface area contributed by atoms with Gasteiger partial charge in [0.05, 0.1) is 0 Å². The van der Waals surface area contributed by atoms with Crippen LogP contribution < -0.4 is 30.2 Å². The Kier molecular flexibility index (Phi) is 8.50. The summed E-state index contributed by atoms with van der Waals surface area (Å²) >= 11 is 0.118. The van der Waals surface area contributed by atoms with Crippen molar-refractivity contribution in [2.75, 3.05) is 4.90 Å². The first-order chi connectivity index (χ1) is 30.9. The zero-order valence-electron chi connectivity index (χ0n) is 36.4. The molecule has 0 saturated heterocycles. The number of aryl methyl sites for hydroxylation is 2. The van der Waals surface area contributed by atoms with E-state index in [1.807, 2.05) is 0 Å². The quantitative estimate of drug-likeness (QED) is 0.161. The third-order valence-corrected chi connectivity index (χ3v) is 17.1. The summed E-state index contributed by atoms with van der Waals surface area (Å²) < 4.78 is 8.26. The van der Waals surface area contributed by atoms with Crippen LogP contribution in [-0.2, 0) is 31.1 Å². The van der Waals surface area contributed by atoms with Crippen LogP contribution in [0.5, 0.6) is 0 Å². The number of anilines is 3. The van der Waals surface area contributed by atoms with Gasteiger partial charge in [-0.3, -0.25) is 0 Å². The molecule has 306 valence electrons. The number of hydrogen-bond acceptors (Lipinski definition) is 1. The molecule has 0 fully saturated rings. The van der Waals surface area contributed by atoms with E-state index < -0.39 is 0 Å². The van der Waals surface area contributed by atoms with Crippen LogP contribution in [0.3, 0.4) is 0 Å². The van der Waals surface area contributed by atoms with Crippen molar-refractivity contribution in [2.45, 2.75) is 77.6 Å². The normalized spacial score (nSPS) is 15.2. The standard InChI is InChI=1S/C58H50BN3Se/c1-58(2,3)39-26-28-40(29-27-39)60-53-34-41(61-49-21-11-7-17-43(49)44-18-8-12-22-50(44)61)30-31-47(53)59-48-33-38(37-15-5-4-6-16-37)25-32-55(48)63-56-36-42(35-54(60)57(56)59)62-51-23-13-9-19-45(51)46-20-10-14-24-52(46)62/h4-7,9,11,13,15-17,19,21,23,25-36H,8,10,12,14,18,20,22,24H2,1-3H3. The van der Waals surface area contributed by atoms with Crippen LogP contribution in [0.25, 0.3) is 44.3 Å². The van der Waals surface area contributed by atoms with Gasteiger partial charge in [0.1, 0.15) is 0 Å². The fourth-order valence-corrected chi connectivity index (χ4v) is 14.2. The van der Waals surface area contributed by atoms with E-state index in [4.69, 9.17) is 0 Å². The Morgan fingerprint density at radius 2 is 1.08 bits per heavy atom. The molecule has 0 amide bonds. The summed E-state index contributed by atoms with van der Waals surface area (Å²) in [5, 5.41) is 2.84. The molecule has 0 unspecified atom stereocenters. The van der Waals surface area contributed by atoms with Crippen LogP contribution >= 0.6 is 0 Å². The van der Waals surface area contributed by atoms with E-state index in [0.29, 0.717) is 0 Å². The maximum atomic E-state index is 2.66. The molecule has 63 heavy (non-hydrogen) atoms. The van der Waals surface area contributed by atoms with Gasteiger partial charge in [-0.05, 0) is 0 Å². The van der Waals surface area contributed by atoms with E-state index in [9.17, 15) is 0 Å². The summed E-state index contributed by atoms with van der Waals surface area (Å²) in [5.74, 6) is 0. The first-order valence-electron chi connectivity index (χ1n) is 23.2. The Labute approximate surface area is 377 Å². The Bertz CT molecular complexity index is 3310. The van der Waals surface area contributed by atoms with E-state index in [-0.39, 0.29) is 27.1 Å². The third kappa shape index (κ3) is 5.79. The molecule has 4 heterocycles. The number of aromatic nitrogens is 2. The van der Waals surface area contributed by atoms with E-state index in [1.165, 1.54) is 129 Å². The first-order valence-corrected chi connectivity index (χ1v) is 24.9. The molecule has 0 atom stereocenters. The Morgan fingerprint density at radius 3 is 1.76 bits per heavy atom. The van der Waals surface area contributed by atoms with Crippen LogP contribution in [0.1, 0.15) is 74.5 Å². The van der Waals surface area contributed by atoms with Gasteiger partial charge in [0.15, 0.2) is 0 Å². The van der Waals surface area contributed by atoms with Crippen LogP contribution in [0, 0.1) is 0 Å². The Hall–Kier alpha value is -6.00. The SMILES string of the molecule is CC(C)(C)c1ccc(N2c3cc(-n4c5c(c6ccccc64)CCCC5)ccc3B3c4cc(-c5ccccc5)ccc4[Se]c4cc(-n5c6c(c7ccccc75)CCCC6)cc2c43)cc1. The zero-order valence-corrected chi connectivity index (χ0v) is 38.1. The van der Waals surface area contributed by atoms with Crippen molar-refractivity contribution in [3.8, 4) is 22.5 Å². The van der Waals surface area contributed by atoms with Crippen molar-refractivity contribution >= 4 is 85.8 Å². The second-order valence-corrected chi connectivity index (χ2v) is 21.6. The summed E-state index contributed by atoms with van der Waals surface area (Å²) in [7, 11) is 0. The van der Waals surface area contributed by atoms with Crippen molar-refractivity contribution < 1.29 is 0 Å². The van der Waals surface area contributed by atoms with Gasteiger partial charge < -0.3 is 0 Å². The van der Waals surface area contributed by atoms with Crippen molar-refractivity contribution in [1.82, 2.24) is 9.13 Å². The van der Waals surface area contributed by atoms with Crippen LogP contribution in [-0.4, -0.2) is 30.8 Å². The Balaban J connectivity index is 1.11. The van der Waals surface area contributed by atoms with E-state index in [1.54, 1.807) is 11.1 Å². The van der Waals surface area contributed by atoms with Gasteiger partial charge in [0, 0.05) is 0 Å². The minimum atomic E-state index is 0.0571. The summed E-state index contributed by atoms with van der Waals surface area (Å²) in [6.07, 6.45) is 9.55. The van der Waals surface area contributed by atoms with Gasteiger partial charge >= 0.3 is 380 Å². The van der Waals surface area contributed by atoms with Gasteiger partial charge in [0.25, 0.3) is 0 Å². The Morgan fingerprint density at radius 1 is 0.476 bits per heavy atom. The average Bonchev–Trinajstić information content (AvgIpc) is 3.84. The monoisotopic (exact) mass is 879 g/mol. The molecule has 9 aromatic rings. The van der Waals surface area contributed by atoms with Gasteiger partial charge in [-0.2, -0.15) is 0 Å². The number of rotatable bonds is 4. The average molecular weight is 879 g/mol. The summed E-state index contributed by atoms with van der Waals surface area (Å²) in [4.78, 5) is 2.66. The van der Waals surface area contributed by atoms with Gasteiger partial charge in [-0.15, -0.1) is 0 Å². The molecular formula is C58H50BN3Se. The van der Waals surface area contributed by atoms with Crippen molar-refractivity contribution in [1.29, 1.82) is 0 Å². The van der Waals surface area contributed by atoms with Gasteiger partial charge in [-0.25, -0.2) is 0 Å². The number of nitrogens with zero attached hydrogens (tertiary/aromatic N) is 3. The van der Waals surface area contributed by atoms with E-state index in [2.05, 4.69) is 186 Å². The minimum absolute atomic E-state index is 0.0571. The summed E-state index contributed by atoms with van der Waals surface area (Å²) in [6.45, 7) is 7.07. The van der Waals surface area contributed by atoms with Crippen LogP contribution in [0.4, 0.5) is 17.1 Å². The molecular weight excluding hydrogens is 828 g/mol. The molecule has 13 rings (SSSR count). The molecule has 2 aliphatic heterocycles. The fraction of sp³-hybridized carbons (Fsp3) is 0.207. The third-order valence-electron chi connectivity index (χ3n) is 14.7. The molecule has 0 radical (unpaired) electrons. The number of hydrogen-bond donors (Lipinski definition) is 0. The van der Waals surface area contributed by atoms with Crippen LogP contribution in [0.2, 0.25) is 0 Å². The predicted molar refractivity (Wildman–Crippen MR) is 268 cm³/mol. The topological polar surface area (TPSA) is 13.1 Å². The molecule has 0 N–H and O–H groups in total. The number of fused-ring (bicyclic) bond motifs is 10. The van der Waals surface area contributed by atoms with Gasteiger partial charge in [0.2, 0.25) is 0 Å². The van der Waals surface area contributed by atoms with E-state index in [0.717, 1.165) is 25.7 Å². The first kappa shape index (κ1) is 37.5. The van der Waals surface area contributed by atoms with Crippen LogP contribution in [0.15, 0.2) is 152 Å². The molecule has 0 saturated carbocycles. The predicted octanol–water partition coefficient (Wildman–Crippen LogP) is 10.6. The van der Waals surface area contributed by atoms with E-state index >= 15 is 0 Å². The molecule has 2 aromatic heterocycles. The second kappa shape index (κ2) is 14.3. The molecule has 5 heteroatoms.